The third-order valence-corrected chi connectivity index (χ3v) is 6.06. The standard InChI is InChI=1S/C22H35N5O3/c1-17(29)27(14-15-28)21-19(24(3)22(30)26-12-8-9-13-26)16-23(2)20(25(21)4)18-10-6-5-7-11-18/h5-7,10-11,16-17,20-21,28-29H,8-9,12-15H2,1-4H3. The zero-order chi connectivity index (χ0) is 21.8. The van der Waals surface area contributed by atoms with Gasteiger partial charge in [-0.1, -0.05) is 30.3 Å². The molecule has 1 saturated heterocycles. The Kier molecular flexibility index (Phi) is 7.36. The lowest BCUT2D eigenvalue weighted by atomic mass is 10.1. The molecule has 0 bridgehead atoms. The molecule has 2 heterocycles. The first-order valence-electron chi connectivity index (χ1n) is 10.6. The van der Waals surface area contributed by atoms with Crippen LogP contribution in [-0.2, 0) is 0 Å². The van der Waals surface area contributed by atoms with Crippen molar-refractivity contribution in [1.82, 2.24) is 24.5 Å². The molecule has 0 saturated carbocycles. The molecule has 0 radical (unpaired) electrons. The highest BCUT2D eigenvalue weighted by Crippen LogP contribution is 2.35. The van der Waals surface area contributed by atoms with Crippen molar-refractivity contribution in [3.63, 3.8) is 0 Å². The smallest absolute Gasteiger partial charge is 0.324 e. The molecule has 2 amide bonds. The van der Waals surface area contributed by atoms with Gasteiger partial charge in [0.25, 0.3) is 0 Å². The second-order valence-electron chi connectivity index (χ2n) is 8.17. The van der Waals surface area contributed by atoms with Gasteiger partial charge >= 0.3 is 6.03 Å². The lowest BCUT2D eigenvalue weighted by Gasteiger charge is -2.51. The fourth-order valence-electron chi connectivity index (χ4n) is 4.59. The number of aliphatic hydroxyl groups excluding tert-OH is 2. The van der Waals surface area contributed by atoms with E-state index in [2.05, 4.69) is 21.9 Å². The molecule has 2 N–H and O–H groups in total. The first kappa shape index (κ1) is 22.6. The highest BCUT2D eigenvalue weighted by Gasteiger charge is 2.41. The maximum atomic E-state index is 13.1. The summed E-state index contributed by atoms with van der Waals surface area (Å²) in [6.07, 6.45) is 2.81. The van der Waals surface area contributed by atoms with E-state index in [0.717, 1.165) is 37.2 Å². The molecule has 2 aliphatic heterocycles. The third-order valence-electron chi connectivity index (χ3n) is 6.06. The van der Waals surface area contributed by atoms with Gasteiger partial charge in [0, 0.05) is 39.9 Å². The fourth-order valence-corrected chi connectivity index (χ4v) is 4.59. The van der Waals surface area contributed by atoms with Crippen LogP contribution in [0.1, 0.15) is 31.5 Å². The highest BCUT2D eigenvalue weighted by atomic mass is 16.3. The average molecular weight is 418 g/mol. The average Bonchev–Trinajstić information content (AvgIpc) is 3.26. The summed E-state index contributed by atoms with van der Waals surface area (Å²) in [7, 11) is 5.78. The number of urea groups is 1. The number of likely N-dealkylation sites (tertiary alicyclic amines) is 1. The maximum absolute atomic E-state index is 13.1. The minimum Gasteiger partial charge on any atom is -0.395 e. The monoisotopic (exact) mass is 417 g/mol. The quantitative estimate of drug-likeness (QED) is 0.684. The molecule has 30 heavy (non-hydrogen) atoms. The predicted octanol–water partition coefficient (Wildman–Crippen LogP) is 1.51. The number of hydrogen-bond donors (Lipinski definition) is 2. The third kappa shape index (κ3) is 4.46. The zero-order valence-corrected chi connectivity index (χ0v) is 18.5. The van der Waals surface area contributed by atoms with Gasteiger partial charge in [-0.2, -0.15) is 0 Å². The second-order valence-corrected chi connectivity index (χ2v) is 8.17. The van der Waals surface area contributed by atoms with Crippen molar-refractivity contribution in [1.29, 1.82) is 0 Å². The first-order valence-corrected chi connectivity index (χ1v) is 10.6. The molecule has 1 aromatic rings. The molecule has 0 aromatic heterocycles. The van der Waals surface area contributed by atoms with Crippen LogP contribution >= 0.6 is 0 Å². The summed E-state index contributed by atoms with van der Waals surface area (Å²) in [6.45, 7) is 3.45. The summed E-state index contributed by atoms with van der Waals surface area (Å²) < 4.78 is 0. The van der Waals surface area contributed by atoms with E-state index in [4.69, 9.17) is 0 Å². The minimum absolute atomic E-state index is 0.0294. The lowest BCUT2D eigenvalue weighted by Crippen LogP contribution is -2.60. The van der Waals surface area contributed by atoms with Gasteiger partial charge in [-0.3, -0.25) is 14.7 Å². The summed E-state index contributed by atoms with van der Waals surface area (Å²) in [5.41, 5.74) is 1.89. The Bertz CT molecular complexity index is 736. The number of aliphatic hydroxyl groups is 2. The fraction of sp³-hybridized carbons (Fsp3) is 0.591. The van der Waals surface area contributed by atoms with Gasteiger partial charge in [0.15, 0.2) is 0 Å². The molecule has 1 fully saturated rings. The van der Waals surface area contributed by atoms with Crippen molar-refractivity contribution in [2.75, 3.05) is 47.4 Å². The van der Waals surface area contributed by atoms with E-state index in [1.54, 1.807) is 18.9 Å². The van der Waals surface area contributed by atoms with Gasteiger partial charge < -0.3 is 20.0 Å². The van der Waals surface area contributed by atoms with E-state index in [-0.39, 0.29) is 25.0 Å². The van der Waals surface area contributed by atoms with Crippen molar-refractivity contribution in [3.8, 4) is 0 Å². The molecule has 8 heteroatoms. The van der Waals surface area contributed by atoms with Gasteiger partial charge in [-0.25, -0.2) is 4.79 Å². The summed E-state index contributed by atoms with van der Waals surface area (Å²) in [6, 6.07) is 10.1. The Labute approximate surface area is 179 Å². The van der Waals surface area contributed by atoms with Crippen LogP contribution in [0.4, 0.5) is 4.79 Å². The van der Waals surface area contributed by atoms with E-state index in [0.29, 0.717) is 6.54 Å². The van der Waals surface area contributed by atoms with Crippen molar-refractivity contribution >= 4 is 6.03 Å². The zero-order valence-electron chi connectivity index (χ0n) is 18.5. The summed E-state index contributed by atoms with van der Waals surface area (Å²) in [5, 5.41) is 20.2. The number of likely N-dealkylation sites (N-methyl/N-ethyl adjacent to an activating group) is 2. The Morgan fingerprint density at radius 3 is 2.40 bits per heavy atom. The Morgan fingerprint density at radius 1 is 1.20 bits per heavy atom. The van der Waals surface area contributed by atoms with Gasteiger partial charge in [-0.15, -0.1) is 0 Å². The summed E-state index contributed by atoms with van der Waals surface area (Å²) in [5.74, 6) is 0. The lowest BCUT2D eigenvalue weighted by molar-refractivity contribution is -0.0938. The molecule has 2 aliphatic rings. The summed E-state index contributed by atoms with van der Waals surface area (Å²) in [4.78, 5) is 22.8. The number of carbonyl (C=O) groups excluding carboxylic acids is 1. The number of rotatable bonds is 6. The van der Waals surface area contributed by atoms with Gasteiger partial charge in [-0.05, 0) is 32.4 Å². The first-order chi connectivity index (χ1) is 14.4. The van der Waals surface area contributed by atoms with Crippen LogP contribution in [0, 0.1) is 0 Å². The van der Waals surface area contributed by atoms with E-state index in [1.807, 2.05) is 48.3 Å². The van der Waals surface area contributed by atoms with Crippen LogP contribution in [0.15, 0.2) is 42.2 Å². The largest absolute Gasteiger partial charge is 0.395 e. The molecule has 3 atom stereocenters. The molecular formula is C22H35N5O3. The van der Waals surface area contributed by atoms with Crippen LogP contribution < -0.4 is 0 Å². The number of carbonyl (C=O) groups is 1. The molecule has 3 unspecified atom stereocenters. The van der Waals surface area contributed by atoms with Crippen LogP contribution in [-0.4, -0.2) is 101 Å². The van der Waals surface area contributed by atoms with Gasteiger partial charge in [0.1, 0.15) is 18.6 Å². The minimum atomic E-state index is -0.789. The van der Waals surface area contributed by atoms with Crippen LogP contribution in [0.3, 0.4) is 0 Å². The Morgan fingerprint density at radius 2 is 1.83 bits per heavy atom. The van der Waals surface area contributed by atoms with Gasteiger partial charge in [0.2, 0.25) is 0 Å². The molecule has 0 aliphatic carbocycles. The van der Waals surface area contributed by atoms with Crippen molar-refractivity contribution in [3.05, 3.63) is 47.8 Å². The topological polar surface area (TPSA) is 73.7 Å². The van der Waals surface area contributed by atoms with E-state index < -0.39 is 6.23 Å². The maximum Gasteiger partial charge on any atom is 0.324 e. The summed E-state index contributed by atoms with van der Waals surface area (Å²) >= 11 is 0. The van der Waals surface area contributed by atoms with Gasteiger partial charge in [0.05, 0.1) is 12.3 Å². The normalized spacial score (nSPS) is 23.6. The highest BCUT2D eigenvalue weighted by molar-refractivity contribution is 5.76. The molecule has 3 rings (SSSR count). The number of benzene rings is 1. The van der Waals surface area contributed by atoms with Crippen LogP contribution in [0.5, 0.6) is 0 Å². The Balaban J connectivity index is 2.01. The number of nitrogens with zero attached hydrogens (tertiary/aromatic N) is 5. The second kappa shape index (κ2) is 9.78. The van der Waals surface area contributed by atoms with E-state index in [1.165, 1.54) is 0 Å². The molecular weight excluding hydrogens is 382 g/mol. The SMILES string of the molecule is CC(O)N(CCO)C1C(N(C)C(=O)N2CCCC2)=CN(C)C(c2ccccc2)N1C. The van der Waals surface area contributed by atoms with Crippen molar-refractivity contribution in [2.24, 2.45) is 0 Å². The van der Waals surface area contributed by atoms with E-state index in [9.17, 15) is 15.0 Å². The van der Waals surface area contributed by atoms with Crippen LogP contribution in [0.2, 0.25) is 0 Å². The molecule has 0 spiro atoms. The number of hydrogen-bond acceptors (Lipinski definition) is 6. The van der Waals surface area contributed by atoms with Crippen molar-refractivity contribution in [2.45, 2.75) is 38.3 Å². The number of amides is 2. The van der Waals surface area contributed by atoms with E-state index >= 15 is 0 Å². The molecule has 1 aromatic carbocycles. The predicted molar refractivity (Wildman–Crippen MR) is 116 cm³/mol. The molecule has 166 valence electrons. The molecule has 8 nitrogen and oxygen atoms in total. The Hall–Kier alpha value is -2.13. The van der Waals surface area contributed by atoms with Crippen molar-refractivity contribution < 1.29 is 15.0 Å². The van der Waals surface area contributed by atoms with Crippen LogP contribution in [0.25, 0.3) is 0 Å².